The highest BCUT2D eigenvalue weighted by Crippen LogP contribution is 2.31. The Morgan fingerprint density at radius 1 is 1.33 bits per heavy atom. The second-order valence-electron chi connectivity index (χ2n) is 5.60. The summed E-state index contributed by atoms with van der Waals surface area (Å²) in [5, 5.41) is 10.4. The van der Waals surface area contributed by atoms with Crippen LogP contribution in [0.3, 0.4) is 0 Å². The van der Waals surface area contributed by atoms with Gasteiger partial charge in [-0.2, -0.15) is 0 Å². The van der Waals surface area contributed by atoms with Crippen molar-refractivity contribution in [1.82, 2.24) is 4.90 Å². The number of hydrogen-bond acceptors (Lipinski definition) is 2. The number of carbonyl (C=O) groups excluding carboxylic acids is 1. The van der Waals surface area contributed by atoms with Crippen LogP contribution >= 0.6 is 0 Å². The first-order chi connectivity index (χ1) is 10.0. The Morgan fingerprint density at radius 3 is 2.43 bits per heavy atom. The number of aliphatic hydroxyl groups excluding tert-OH is 1. The van der Waals surface area contributed by atoms with E-state index in [2.05, 4.69) is 0 Å². The maximum absolute atomic E-state index is 12.9. The highest BCUT2D eigenvalue weighted by Gasteiger charge is 2.28. The summed E-state index contributed by atoms with van der Waals surface area (Å²) < 4.78 is 12.9. The van der Waals surface area contributed by atoms with Crippen molar-refractivity contribution in [2.24, 2.45) is 5.92 Å². The highest BCUT2D eigenvalue weighted by atomic mass is 19.1. The van der Waals surface area contributed by atoms with E-state index in [0.717, 1.165) is 24.0 Å². The van der Waals surface area contributed by atoms with Crippen molar-refractivity contribution in [3.63, 3.8) is 0 Å². The topological polar surface area (TPSA) is 40.5 Å². The van der Waals surface area contributed by atoms with Crippen molar-refractivity contribution >= 4 is 5.91 Å². The molecule has 0 bridgehead atoms. The number of piperidine rings is 1. The zero-order chi connectivity index (χ0) is 15.4. The maximum Gasteiger partial charge on any atom is 0.249 e. The lowest BCUT2D eigenvalue weighted by Gasteiger charge is -2.34. The van der Waals surface area contributed by atoms with Gasteiger partial charge in [-0.25, -0.2) is 4.39 Å². The van der Waals surface area contributed by atoms with Crippen molar-refractivity contribution in [2.45, 2.75) is 32.8 Å². The van der Waals surface area contributed by atoms with Gasteiger partial charge in [0.15, 0.2) is 0 Å². The Kier molecular flexibility index (Phi) is 5.12. The molecule has 0 radical (unpaired) electrons. The number of benzene rings is 1. The van der Waals surface area contributed by atoms with Crippen molar-refractivity contribution in [2.75, 3.05) is 13.1 Å². The van der Waals surface area contributed by atoms with E-state index < -0.39 is 6.10 Å². The van der Waals surface area contributed by atoms with Crippen LogP contribution in [0.5, 0.6) is 0 Å². The van der Waals surface area contributed by atoms with Crippen molar-refractivity contribution in [3.8, 4) is 0 Å². The normalized spacial score (nSPS) is 18.7. The number of halogens is 1. The van der Waals surface area contributed by atoms with Crippen LogP contribution in [0.2, 0.25) is 0 Å². The number of allylic oxidation sites excluding steroid dienone is 1. The Hall–Kier alpha value is -1.68. The summed E-state index contributed by atoms with van der Waals surface area (Å²) in [6, 6.07) is 5.99. The van der Waals surface area contributed by atoms with E-state index in [1.54, 1.807) is 12.1 Å². The standard InChI is InChI=1S/C17H22FNO2/c1-3-12(2)17(21)19-10-8-14(9-11-19)16(20)13-4-6-15(18)7-5-13/h3-7,14,16,20H,8-11H2,1-2H3. The van der Waals surface area contributed by atoms with Crippen LogP contribution in [0.4, 0.5) is 4.39 Å². The van der Waals surface area contributed by atoms with Gasteiger partial charge in [0.1, 0.15) is 5.82 Å². The average Bonchev–Trinajstić information content (AvgIpc) is 2.53. The summed E-state index contributed by atoms with van der Waals surface area (Å²) in [4.78, 5) is 13.9. The van der Waals surface area contributed by atoms with Gasteiger partial charge >= 0.3 is 0 Å². The number of amides is 1. The predicted octanol–water partition coefficient (Wildman–Crippen LogP) is 3.06. The SMILES string of the molecule is CC=C(C)C(=O)N1CCC(C(O)c2ccc(F)cc2)CC1. The molecule has 1 aromatic carbocycles. The van der Waals surface area contributed by atoms with Crippen molar-refractivity contribution in [1.29, 1.82) is 0 Å². The molecule has 1 amide bonds. The molecule has 1 heterocycles. The van der Waals surface area contributed by atoms with Gasteiger partial charge in [-0.05, 0) is 50.3 Å². The van der Waals surface area contributed by atoms with Gasteiger partial charge in [0.2, 0.25) is 5.91 Å². The third-order valence-corrected chi connectivity index (χ3v) is 4.26. The molecule has 2 rings (SSSR count). The number of likely N-dealkylation sites (tertiary alicyclic amines) is 1. The maximum atomic E-state index is 12.9. The Labute approximate surface area is 125 Å². The largest absolute Gasteiger partial charge is 0.388 e. The summed E-state index contributed by atoms with van der Waals surface area (Å²) >= 11 is 0. The minimum absolute atomic E-state index is 0.0761. The Bertz CT molecular complexity index is 516. The van der Waals surface area contributed by atoms with Gasteiger partial charge in [0.25, 0.3) is 0 Å². The highest BCUT2D eigenvalue weighted by molar-refractivity contribution is 5.92. The first kappa shape index (κ1) is 15.7. The summed E-state index contributed by atoms with van der Waals surface area (Å²) in [7, 11) is 0. The first-order valence-electron chi connectivity index (χ1n) is 7.38. The summed E-state index contributed by atoms with van der Waals surface area (Å²) in [5.74, 6) is -0.106. The molecular weight excluding hydrogens is 269 g/mol. The van der Waals surface area contributed by atoms with Gasteiger partial charge in [-0.3, -0.25) is 4.79 Å². The fourth-order valence-corrected chi connectivity index (χ4v) is 2.72. The molecule has 4 heteroatoms. The van der Waals surface area contributed by atoms with E-state index in [1.807, 2.05) is 24.8 Å². The zero-order valence-corrected chi connectivity index (χ0v) is 12.6. The van der Waals surface area contributed by atoms with Crippen molar-refractivity contribution in [3.05, 3.63) is 47.3 Å². The van der Waals surface area contributed by atoms with E-state index in [9.17, 15) is 14.3 Å². The van der Waals surface area contributed by atoms with Crippen LogP contribution in [-0.2, 0) is 4.79 Å². The number of rotatable bonds is 3. The fraction of sp³-hybridized carbons (Fsp3) is 0.471. The molecule has 3 nitrogen and oxygen atoms in total. The van der Waals surface area contributed by atoms with Crippen molar-refractivity contribution < 1.29 is 14.3 Å². The van der Waals surface area contributed by atoms with Crippen LogP contribution in [0.25, 0.3) is 0 Å². The molecule has 114 valence electrons. The number of nitrogens with zero attached hydrogens (tertiary/aromatic N) is 1. The van der Waals surface area contributed by atoms with E-state index >= 15 is 0 Å². The lowest BCUT2D eigenvalue weighted by Crippen LogP contribution is -2.40. The van der Waals surface area contributed by atoms with E-state index in [4.69, 9.17) is 0 Å². The third-order valence-electron chi connectivity index (χ3n) is 4.26. The molecule has 0 saturated carbocycles. The quantitative estimate of drug-likeness (QED) is 0.870. The molecule has 1 aliphatic heterocycles. The molecule has 0 spiro atoms. The van der Waals surface area contributed by atoms with E-state index in [0.29, 0.717) is 13.1 Å². The monoisotopic (exact) mass is 291 g/mol. The minimum atomic E-state index is -0.592. The molecule has 1 fully saturated rings. The molecule has 1 N–H and O–H groups in total. The van der Waals surface area contributed by atoms with Gasteiger partial charge in [0.05, 0.1) is 6.10 Å². The van der Waals surface area contributed by atoms with Gasteiger partial charge in [-0.15, -0.1) is 0 Å². The minimum Gasteiger partial charge on any atom is -0.388 e. The van der Waals surface area contributed by atoms with E-state index in [1.165, 1.54) is 12.1 Å². The summed E-state index contributed by atoms with van der Waals surface area (Å²) in [6.07, 6.45) is 2.76. The molecule has 1 atom stereocenters. The second kappa shape index (κ2) is 6.85. The number of aliphatic hydroxyl groups is 1. The van der Waals surface area contributed by atoms with Crippen LogP contribution in [0, 0.1) is 11.7 Å². The molecule has 0 aromatic heterocycles. The second-order valence-corrected chi connectivity index (χ2v) is 5.60. The summed E-state index contributed by atoms with van der Waals surface area (Å²) in [5.41, 5.74) is 1.50. The Balaban J connectivity index is 1.94. The van der Waals surface area contributed by atoms with Gasteiger partial charge in [0, 0.05) is 18.7 Å². The molecule has 1 aliphatic rings. The number of hydrogen-bond donors (Lipinski definition) is 1. The molecule has 1 saturated heterocycles. The lowest BCUT2D eigenvalue weighted by molar-refractivity contribution is -0.129. The predicted molar refractivity (Wildman–Crippen MR) is 80.1 cm³/mol. The van der Waals surface area contributed by atoms with Crippen LogP contribution in [0.1, 0.15) is 38.4 Å². The van der Waals surface area contributed by atoms with Gasteiger partial charge in [-0.1, -0.05) is 18.2 Å². The fourth-order valence-electron chi connectivity index (χ4n) is 2.72. The molecule has 21 heavy (non-hydrogen) atoms. The van der Waals surface area contributed by atoms with Crippen LogP contribution in [0.15, 0.2) is 35.9 Å². The molecule has 1 aromatic rings. The van der Waals surface area contributed by atoms with Gasteiger partial charge < -0.3 is 10.0 Å². The van der Waals surface area contributed by atoms with Crippen LogP contribution in [-0.4, -0.2) is 29.0 Å². The third kappa shape index (κ3) is 3.70. The number of carbonyl (C=O) groups is 1. The zero-order valence-electron chi connectivity index (χ0n) is 12.6. The molecular formula is C17H22FNO2. The molecule has 0 aliphatic carbocycles. The smallest absolute Gasteiger partial charge is 0.249 e. The molecule has 1 unspecified atom stereocenters. The summed E-state index contributed by atoms with van der Waals surface area (Å²) in [6.45, 7) is 5.00. The first-order valence-corrected chi connectivity index (χ1v) is 7.38. The lowest BCUT2D eigenvalue weighted by atomic mass is 9.87. The van der Waals surface area contributed by atoms with E-state index in [-0.39, 0.29) is 17.6 Å². The average molecular weight is 291 g/mol. The van der Waals surface area contributed by atoms with Crippen LogP contribution < -0.4 is 0 Å². The Morgan fingerprint density at radius 2 is 1.90 bits per heavy atom.